The summed E-state index contributed by atoms with van der Waals surface area (Å²) < 4.78 is 16.3. The van der Waals surface area contributed by atoms with Crippen molar-refractivity contribution in [1.82, 2.24) is 0 Å². The quantitative estimate of drug-likeness (QED) is 0.921. The van der Waals surface area contributed by atoms with Gasteiger partial charge in [-0.3, -0.25) is 0 Å². The first-order valence-electron chi connectivity index (χ1n) is 7.06. The van der Waals surface area contributed by atoms with Crippen molar-refractivity contribution in [2.45, 2.75) is 38.4 Å². The molecule has 4 heteroatoms. The van der Waals surface area contributed by atoms with Gasteiger partial charge in [0.05, 0.1) is 32.5 Å². The molecule has 0 bridgehead atoms. The molecule has 1 aromatic rings. The second-order valence-electron chi connectivity index (χ2n) is 5.74. The monoisotopic (exact) mass is 280 g/mol. The fourth-order valence-corrected chi connectivity index (χ4v) is 2.64. The predicted octanol–water partition coefficient (Wildman–Crippen LogP) is 2.73. The van der Waals surface area contributed by atoms with Gasteiger partial charge in [-0.1, -0.05) is 13.8 Å². The first-order valence-corrected chi connectivity index (χ1v) is 7.06. The lowest BCUT2D eigenvalue weighted by atomic mass is 9.81. The number of benzene rings is 1. The van der Waals surface area contributed by atoms with Crippen LogP contribution in [-0.2, 0) is 10.3 Å². The zero-order chi connectivity index (χ0) is 14.8. The minimum Gasteiger partial charge on any atom is -0.497 e. The van der Waals surface area contributed by atoms with E-state index in [0.29, 0.717) is 36.9 Å². The molecule has 1 aliphatic heterocycles. The van der Waals surface area contributed by atoms with Crippen LogP contribution in [0.5, 0.6) is 11.5 Å². The van der Waals surface area contributed by atoms with Crippen LogP contribution in [-0.4, -0.2) is 32.0 Å². The summed E-state index contributed by atoms with van der Waals surface area (Å²) in [5, 5.41) is 11.0. The van der Waals surface area contributed by atoms with Crippen LogP contribution in [0.2, 0.25) is 0 Å². The fraction of sp³-hybridized carbons (Fsp3) is 0.625. The van der Waals surface area contributed by atoms with Crippen molar-refractivity contribution < 1.29 is 19.3 Å². The van der Waals surface area contributed by atoms with Gasteiger partial charge in [0, 0.05) is 18.9 Å². The zero-order valence-corrected chi connectivity index (χ0v) is 12.7. The van der Waals surface area contributed by atoms with E-state index in [1.54, 1.807) is 14.2 Å². The highest BCUT2D eigenvalue weighted by molar-refractivity contribution is 5.41. The highest BCUT2D eigenvalue weighted by Gasteiger charge is 2.38. The van der Waals surface area contributed by atoms with Gasteiger partial charge < -0.3 is 19.3 Å². The van der Waals surface area contributed by atoms with Crippen molar-refractivity contribution in [3.05, 3.63) is 23.8 Å². The maximum Gasteiger partial charge on any atom is 0.122 e. The third-order valence-corrected chi connectivity index (χ3v) is 4.02. The normalized spacial score (nSPS) is 26.6. The summed E-state index contributed by atoms with van der Waals surface area (Å²) in [4.78, 5) is 0. The molecule has 2 atom stereocenters. The average Bonchev–Trinajstić information content (AvgIpc) is 2.46. The van der Waals surface area contributed by atoms with Gasteiger partial charge in [-0.05, 0) is 23.6 Å². The highest BCUT2D eigenvalue weighted by Crippen LogP contribution is 2.39. The van der Waals surface area contributed by atoms with Crippen LogP contribution in [0, 0.1) is 5.92 Å². The Kier molecular flexibility index (Phi) is 4.55. The van der Waals surface area contributed by atoms with E-state index in [2.05, 4.69) is 13.8 Å². The molecular weight excluding hydrogens is 256 g/mol. The fourth-order valence-electron chi connectivity index (χ4n) is 2.64. The Bertz CT molecular complexity index is 436. The molecule has 0 saturated carbocycles. The molecule has 2 unspecified atom stereocenters. The molecule has 1 fully saturated rings. The third kappa shape index (κ3) is 3.07. The Morgan fingerprint density at radius 2 is 1.80 bits per heavy atom. The molecular formula is C16H24O4. The van der Waals surface area contributed by atoms with Crippen LogP contribution >= 0.6 is 0 Å². The molecule has 20 heavy (non-hydrogen) atoms. The van der Waals surface area contributed by atoms with Gasteiger partial charge in [-0.25, -0.2) is 0 Å². The summed E-state index contributed by atoms with van der Waals surface area (Å²) in [5.41, 5.74) is -0.0442. The first kappa shape index (κ1) is 15.1. The van der Waals surface area contributed by atoms with Crippen molar-refractivity contribution in [2.75, 3.05) is 20.8 Å². The summed E-state index contributed by atoms with van der Waals surface area (Å²) in [5.74, 6) is 1.77. The van der Waals surface area contributed by atoms with Gasteiger partial charge in [-0.15, -0.1) is 0 Å². The van der Waals surface area contributed by atoms with E-state index in [9.17, 15) is 5.11 Å². The SMILES string of the molecule is COc1cc(OC)cc(C2(O)CCOC(C(C)C)C2)c1. The number of aliphatic hydroxyl groups is 1. The van der Waals surface area contributed by atoms with Crippen molar-refractivity contribution in [3.63, 3.8) is 0 Å². The molecule has 1 aliphatic rings. The van der Waals surface area contributed by atoms with Gasteiger partial charge in [0.25, 0.3) is 0 Å². The largest absolute Gasteiger partial charge is 0.497 e. The van der Waals surface area contributed by atoms with Gasteiger partial charge in [0.2, 0.25) is 0 Å². The number of ether oxygens (including phenoxy) is 3. The molecule has 0 aromatic heterocycles. The van der Waals surface area contributed by atoms with Crippen LogP contribution in [0.3, 0.4) is 0 Å². The lowest BCUT2D eigenvalue weighted by molar-refractivity contribution is -0.121. The van der Waals surface area contributed by atoms with Crippen molar-refractivity contribution >= 4 is 0 Å². The van der Waals surface area contributed by atoms with E-state index in [1.807, 2.05) is 18.2 Å². The molecule has 0 amide bonds. The molecule has 112 valence electrons. The minimum absolute atomic E-state index is 0.0749. The lowest BCUT2D eigenvalue weighted by Gasteiger charge is -2.39. The van der Waals surface area contributed by atoms with E-state index in [4.69, 9.17) is 14.2 Å². The maximum atomic E-state index is 11.0. The second kappa shape index (κ2) is 6.02. The van der Waals surface area contributed by atoms with Crippen LogP contribution in [0.1, 0.15) is 32.3 Å². The second-order valence-corrected chi connectivity index (χ2v) is 5.74. The Morgan fingerprint density at radius 1 is 1.20 bits per heavy atom. The number of hydrogen-bond donors (Lipinski definition) is 1. The van der Waals surface area contributed by atoms with Gasteiger partial charge in [-0.2, -0.15) is 0 Å². The van der Waals surface area contributed by atoms with Crippen LogP contribution in [0.15, 0.2) is 18.2 Å². The van der Waals surface area contributed by atoms with Gasteiger partial charge in [0.1, 0.15) is 11.5 Å². The highest BCUT2D eigenvalue weighted by atomic mass is 16.5. The van der Waals surface area contributed by atoms with E-state index in [1.165, 1.54) is 0 Å². The molecule has 0 aliphatic carbocycles. The summed E-state index contributed by atoms with van der Waals surface area (Å²) in [6.45, 7) is 4.80. The van der Waals surface area contributed by atoms with E-state index >= 15 is 0 Å². The van der Waals surface area contributed by atoms with Crippen molar-refractivity contribution in [3.8, 4) is 11.5 Å². The summed E-state index contributed by atoms with van der Waals surface area (Å²) >= 11 is 0. The molecule has 1 N–H and O–H groups in total. The summed E-state index contributed by atoms with van der Waals surface area (Å²) in [7, 11) is 3.23. The molecule has 1 aromatic carbocycles. The van der Waals surface area contributed by atoms with Crippen molar-refractivity contribution in [2.24, 2.45) is 5.92 Å². The molecule has 2 rings (SSSR count). The van der Waals surface area contributed by atoms with Crippen LogP contribution < -0.4 is 9.47 Å². The smallest absolute Gasteiger partial charge is 0.122 e. The standard InChI is InChI=1S/C16H24O4/c1-11(2)15-10-16(17,5-6-20-15)12-7-13(18-3)9-14(8-12)19-4/h7-9,11,15,17H,5-6,10H2,1-4H3. The van der Waals surface area contributed by atoms with E-state index in [-0.39, 0.29) is 6.10 Å². The Labute approximate surface area is 120 Å². The lowest BCUT2D eigenvalue weighted by Crippen LogP contribution is -2.40. The number of methoxy groups -OCH3 is 2. The number of rotatable bonds is 4. The average molecular weight is 280 g/mol. The summed E-state index contributed by atoms with van der Waals surface area (Å²) in [6.07, 6.45) is 1.26. The predicted molar refractivity (Wildman–Crippen MR) is 77.3 cm³/mol. The number of hydrogen-bond acceptors (Lipinski definition) is 4. The van der Waals surface area contributed by atoms with Crippen LogP contribution in [0.4, 0.5) is 0 Å². The molecule has 1 saturated heterocycles. The van der Waals surface area contributed by atoms with Gasteiger partial charge in [0.15, 0.2) is 0 Å². The molecule has 4 nitrogen and oxygen atoms in total. The Hall–Kier alpha value is -1.26. The Morgan fingerprint density at radius 3 is 2.30 bits per heavy atom. The Balaban J connectivity index is 2.33. The third-order valence-electron chi connectivity index (χ3n) is 4.02. The van der Waals surface area contributed by atoms with E-state index in [0.717, 1.165) is 5.56 Å². The van der Waals surface area contributed by atoms with Crippen LogP contribution in [0.25, 0.3) is 0 Å². The molecule has 1 heterocycles. The minimum atomic E-state index is -0.880. The first-order chi connectivity index (χ1) is 9.48. The van der Waals surface area contributed by atoms with Crippen molar-refractivity contribution in [1.29, 1.82) is 0 Å². The zero-order valence-electron chi connectivity index (χ0n) is 12.7. The molecule has 0 spiro atoms. The topological polar surface area (TPSA) is 47.9 Å². The van der Waals surface area contributed by atoms with Gasteiger partial charge >= 0.3 is 0 Å². The van der Waals surface area contributed by atoms with E-state index < -0.39 is 5.60 Å². The maximum absolute atomic E-state index is 11.0. The molecule has 0 radical (unpaired) electrons. The summed E-state index contributed by atoms with van der Waals surface area (Å²) in [6, 6.07) is 5.57.